The number of carbonyl (C=O) groups is 1. The lowest BCUT2D eigenvalue weighted by molar-refractivity contribution is 0.102. The summed E-state index contributed by atoms with van der Waals surface area (Å²) < 4.78 is 34.7. The predicted molar refractivity (Wildman–Crippen MR) is 178 cm³/mol. The largest absolute Gasteiger partial charge is 0.507 e. The highest BCUT2D eigenvalue weighted by atomic mass is 32.2. The summed E-state index contributed by atoms with van der Waals surface area (Å²) in [4.78, 5) is 13.2. The van der Waals surface area contributed by atoms with E-state index in [1.807, 2.05) is 36.4 Å². The molecule has 0 aliphatic rings. The van der Waals surface area contributed by atoms with Gasteiger partial charge in [-0.2, -0.15) is 13.5 Å². The highest BCUT2D eigenvalue weighted by Gasteiger charge is 2.20. The van der Waals surface area contributed by atoms with Gasteiger partial charge in [0.15, 0.2) is 5.75 Å². The average molecular weight is 631 g/mol. The fourth-order valence-corrected chi connectivity index (χ4v) is 6.42. The molecule has 7 aromatic rings. The maximum atomic E-state index is 13.6. The monoisotopic (exact) mass is 630 g/mol. The molecular formula is C35H26N4O6S. The molecule has 0 atom stereocenters. The Morgan fingerprint density at radius 1 is 0.761 bits per heavy atom. The third-order valence-electron chi connectivity index (χ3n) is 8.04. The molecule has 0 saturated carbocycles. The second kappa shape index (κ2) is 11.0. The number of carbonyl (C=O) groups excluding carboxylic acids is 1. The number of rotatable bonds is 6. The second-order valence-corrected chi connectivity index (χ2v) is 12.2. The van der Waals surface area contributed by atoms with Crippen LogP contribution in [-0.4, -0.2) is 33.7 Å². The van der Waals surface area contributed by atoms with Crippen molar-refractivity contribution in [1.29, 1.82) is 0 Å². The summed E-state index contributed by atoms with van der Waals surface area (Å²) in [5, 5.41) is 37.2. The second-order valence-electron chi connectivity index (χ2n) is 10.8. The van der Waals surface area contributed by atoms with E-state index < -0.39 is 20.9 Å². The van der Waals surface area contributed by atoms with Crippen molar-refractivity contribution in [3.8, 4) is 11.5 Å². The van der Waals surface area contributed by atoms with Crippen LogP contribution in [0.4, 0.5) is 17.1 Å². The number of hydrogen-bond donors (Lipinski definition) is 4. The number of anilines is 1. The first-order valence-electron chi connectivity index (χ1n) is 14.4. The minimum absolute atomic E-state index is 0.0117. The number of aromatic hydroxyl groups is 2. The molecule has 1 heterocycles. The van der Waals surface area contributed by atoms with Crippen LogP contribution in [0.5, 0.6) is 11.5 Å². The van der Waals surface area contributed by atoms with Gasteiger partial charge < -0.3 is 20.1 Å². The number of fused-ring (bicyclic) bond motifs is 5. The van der Waals surface area contributed by atoms with Crippen molar-refractivity contribution in [1.82, 2.24) is 4.57 Å². The minimum Gasteiger partial charge on any atom is -0.507 e. The number of hydrogen-bond acceptors (Lipinski definition) is 7. The van der Waals surface area contributed by atoms with Gasteiger partial charge in [0, 0.05) is 50.9 Å². The first-order valence-corrected chi connectivity index (χ1v) is 15.8. The summed E-state index contributed by atoms with van der Waals surface area (Å²) in [6.45, 7) is 2.89. The van der Waals surface area contributed by atoms with E-state index in [-0.39, 0.29) is 28.1 Å². The van der Waals surface area contributed by atoms with Crippen LogP contribution in [0.2, 0.25) is 0 Å². The van der Waals surface area contributed by atoms with Gasteiger partial charge in [-0.05, 0) is 66.2 Å². The Morgan fingerprint density at radius 2 is 1.48 bits per heavy atom. The van der Waals surface area contributed by atoms with E-state index in [0.29, 0.717) is 27.5 Å². The lowest BCUT2D eigenvalue weighted by Crippen LogP contribution is -2.12. The molecule has 0 unspecified atom stereocenters. The highest BCUT2D eigenvalue weighted by Crippen LogP contribution is 2.40. The summed E-state index contributed by atoms with van der Waals surface area (Å²) in [5.41, 5.74) is 3.11. The molecule has 0 bridgehead atoms. The van der Waals surface area contributed by atoms with Gasteiger partial charge in [0.1, 0.15) is 11.4 Å². The molecule has 0 aliphatic carbocycles. The normalized spacial score (nSPS) is 12.1. The Balaban J connectivity index is 1.26. The Labute approximate surface area is 262 Å². The van der Waals surface area contributed by atoms with Crippen LogP contribution in [0.15, 0.2) is 118 Å². The zero-order valence-electron chi connectivity index (χ0n) is 24.3. The standard InChI is InChI=1S/C35H26N4O6S/c1-2-39-30-10-6-5-9-26(30)28-17-22(13-14-31(28)39)36-35(42)29-16-20-7-3-4-8-25(20)33(34(29)41)38-37-23-12-11-21-15-24(46(43,44)45)19-32(40)27(21)18-23/h3-19,40-41H,2H2,1H3,(H,36,42)(H,43,44,45). The van der Waals surface area contributed by atoms with Gasteiger partial charge in [0.2, 0.25) is 0 Å². The minimum atomic E-state index is -4.51. The molecule has 11 heteroatoms. The molecule has 0 aliphatic heterocycles. The highest BCUT2D eigenvalue weighted by molar-refractivity contribution is 7.85. The summed E-state index contributed by atoms with van der Waals surface area (Å²) in [7, 11) is -4.51. The number of aromatic nitrogens is 1. The van der Waals surface area contributed by atoms with Crippen molar-refractivity contribution in [2.24, 2.45) is 10.2 Å². The van der Waals surface area contributed by atoms with E-state index in [4.69, 9.17) is 0 Å². The number of aryl methyl sites for hydroxylation is 1. The fraction of sp³-hybridized carbons (Fsp3) is 0.0571. The quantitative estimate of drug-likeness (QED) is 0.107. The van der Waals surface area contributed by atoms with Crippen LogP contribution in [0, 0.1) is 0 Å². The van der Waals surface area contributed by atoms with E-state index in [1.54, 1.807) is 30.3 Å². The van der Waals surface area contributed by atoms with Crippen LogP contribution in [0.1, 0.15) is 17.3 Å². The zero-order valence-corrected chi connectivity index (χ0v) is 25.2. The summed E-state index contributed by atoms with van der Waals surface area (Å²) in [6, 6.07) is 29.3. The Kier molecular flexibility index (Phi) is 6.92. The van der Waals surface area contributed by atoms with Crippen LogP contribution < -0.4 is 5.32 Å². The maximum Gasteiger partial charge on any atom is 0.294 e. The molecule has 4 N–H and O–H groups in total. The van der Waals surface area contributed by atoms with Crippen molar-refractivity contribution in [2.45, 2.75) is 18.4 Å². The Morgan fingerprint density at radius 3 is 2.26 bits per heavy atom. The van der Waals surface area contributed by atoms with Gasteiger partial charge in [-0.1, -0.05) is 48.5 Å². The molecule has 0 spiro atoms. The van der Waals surface area contributed by atoms with E-state index in [0.717, 1.165) is 34.4 Å². The molecule has 10 nitrogen and oxygen atoms in total. The third kappa shape index (κ3) is 4.97. The molecule has 1 amide bonds. The fourth-order valence-electron chi connectivity index (χ4n) is 5.88. The average Bonchev–Trinajstić information content (AvgIpc) is 3.36. The van der Waals surface area contributed by atoms with Crippen molar-refractivity contribution >= 4 is 76.4 Å². The molecule has 46 heavy (non-hydrogen) atoms. The molecule has 7 rings (SSSR count). The summed E-state index contributed by atoms with van der Waals surface area (Å²) in [5.74, 6) is -1.25. The molecule has 6 aromatic carbocycles. The molecule has 0 fully saturated rings. The van der Waals surface area contributed by atoms with E-state index in [9.17, 15) is 28.0 Å². The van der Waals surface area contributed by atoms with Gasteiger partial charge in [-0.25, -0.2) is 0 Å². The maximum absolute atomic E-state index is 13.6. The number of nitrogens with one attached hydrogen (secondary N) is 1. The van der Waals surface area contributed by atoms with Gasteiger partial charge in [-0.15, -0.1) is 5.11 Å². The van der Waals surface area contributed by atoms with E-state index in [1.165, 1.54) is 18.2 Å². The van der Waals surface area contributed by atoms with Crippen LogP contribution >= 0.6 is 0 Å². The van der Waals surface area contributed by atoms with Crippen molar-refractivity contribution in [3.05, 3.63) is 109 Å². The molecule has 0 saturated heterocycles. The zero-order chi connectivity index (χ0) is 32.2. The van der Waals surface area contributed by atoms with Crippen molar-refractivity contribution in [3.63, 3.8) is 0 Å². The Hall–Kier alpha value is -5.78. The SMILES string of the molecule is CCn1c2ccccc2c2cc(NC(=O)c3cc4ccccc4c(N=Nc4ccc5cc(S(=O)(=O)O)cc(O)c5c4)c3O)ccc21. The number of benzene rings is 6. The number of para-hydroxylation sites is 1. The van der Waals surface area contributed by atoms with E-state index >= 15 is 0 Å². The summed E-state index contributed by atoms with van der Waals surface area (Å²) >= 11 is 0. The number of amides is 1. The molecule has 228 valence electrons. The number of nitrogens with zero attached hydrogens (tertiary/aromatic N) is 3. The lowest BCUT2D eigenvalue weighted by atomic mass is 10.0. The predicted octanol–water partition coefficient (Wildman–Crippen LogP) is 8.45. The van der Waals surface area contributed by atoms with E-state index in [2.05, 4.69) is 39.2 Å². The van der Waals surface area contributed by atoms with Crippen LogP contribution in [0.3, 0.4) is 0 Å². The number of phenolic OH excluding ortho intramolecular Hbond substituents is 2. The van der Waals surface area contributed by atoms with Gasteiger partial charge in [0.25, 0.3) is 16.0 Å². The number of phenols is 2. The van der Waals surface area contributed by atoms with Crippen LogP contribution in [-0.2, 0) is 16.7 Å². The first-order chi connectivity index (χ1) is 22.1. The molecular weight excluding hydrogens is 604 g/mol. The topological polar surface area (TPSA) is 154 Å². The van der Waals surface area contributed by atoms with Gasteiger partial charge >= 0.3 is 0 Å². The van der Waals surface area contributed by atoms with Crippen molar-refractivity contribution < 1.29 is 28.0 Å². The van der Waals surface area contributed by atoms with Gasteiger partial charge in [-0.3, -0.25) is 9.35 Å². The smallest absolute Gasteiger partial charge is 0.294 e. The van der Waals surface area contributed by atoms with Crippen LogP contribution in [0.25, 0.3) is 43.4 Å². The summed E-state index contributed by atoms with van der Waals surface area (Å²) in [6.07, 6.45) is 0. The molecule has 0 radical (unpaired) electrons. The Bertz CT molecular complexity index is 2520. The first kappa shape index (κ1) is 29.0. The van der Waals surface area contributed by atoms with Gasteiger partial charge in [0.05, 0.1) is 16.1 Å². The lowest BCUT2D eigenvalue weighted by Gasteiger charge is -2.12. The molecule has 1 aromatic heterocycles. The van der Waals surface area contributed by atoms with Crippen molar-refractivity contribution in [2.75, 3.05) is 5.32 Å². The third-order valence-corrected chi connectivity index (χ3v) is 8.87. The number of azo groups is 1.